The van der Waals surface area contributed by atoms with Crippen LogP contribution in [0.1, 0.15) is 27.7 Å². The van der Waals surface area contributed by atoms with Crippen LogP contribution in [0.3, 0.4) is 0 Å². The van der Waals surface area contributed by atoms with E-state index < -0.39 is 54.5 Å². The van der Waals surface area contributed by atoms with Gasteiger partial charge in [-0.2, -0.15) is 0 Å². The predicted octanol–water partition coefficient (Wildman–Crippen LogP) is 1.24. The van der Waals surface area contributed by atoms with Crippen molar-refractivity contribution in [1.82, 2.24) is 10.2 Å². The first-order valence-corrected chi connectivity index (χ1v) is 11.1. The fourth-order valence-electron chi connectivity index (χ4n) is 3.60. The SMILES string of the molecule is COc1ccc(-c2nnc(N[C@@H]3O[C@H](COC(C)=O)[C@@H](OC(C)=O)[C@H](OC(C)=O)[C@H]3OC(C)=O)o2)cc1. The molecule has 2 heterocycles. The van der Waals surface area contributed by atoms with Crippen LogP contribution >= 0.6 is 0 Å². The van der Waals surface area contributed by atoms with Crippen LogP contribution in [0.4, 0.5) is 6.01 Å². The van der Waals surface area contributed by atoms with E-state index in [1.54, 1.807) is 24.3 Å². The summed E-state index contributed by atoms with van der Waals surface area (Å²) >= 11 is 0. The zero-order chi connectivity index (χ0) is 27.1. The summed E-state index contributed by atoms with van der Waals surface area (Å²) in [6.45, 7) is 4.23. The second-order valence-corrected chi connectivity index (χ2v) is 7.91. The first kappa shape index (κ1) is 27.4. The van der Waals surface area contributed by atoms with Gasteiger partial charge in [0.2, 0.25) is 5.89 Å². The van der Waals surface area contributed by atoms with Crippen LogP contribution in [0.5, 0.6) is 5.75 Å². The molecule has 37 heavy (non-hydrogen) atoms. The number of ether oxygens (including phenoxy) is 6. The Kier molecular flexibility index (Phi) is 9.00. The number of methoxy groups -OCH3 is 1. The molecule has 200 valence electrons. The highest BCUT2D eigenvalue weighted by Crippen LogP contribution is 2.31. The molecule has 1 saturated heterocycles. The average molecular weight is 521 g/mol. The van der Waals surface area contributed by atoms with Gasteiger partial charge in [0.15, 0.2) is 24.5 Å². The van der Waals surface area contributed by atoms with Crippen LogP contribution in [-0.4, -0.2) is 78.4 Å². The van der Waals surface area contributed by atoms with E-state index in [4.69, 9.17) is 32.8 Å². The van der Waals surface area contributed by atoms with Crippen molar-refractivity contribution >= 4 is 29.9 Å². The number of aromatic nitrogens is 2. The minimum atomic E-state index is -1.33. The number of anilines is 1. The van der Waals surface area contributed by atoms with E-state index in [2.05, 4.69) is 15.5 Å². The molecular weight excluding hydrogens is 494 g/mol. The Hall–Kier alpha value is -4.20. The van der Waals surface area contributed by atoms with Gasteiger partial charge in [-0.3, -0.25) is 19.2 Å². The lowest BCUT2D eigenvalue weighted by atomic mass is 9.97. The first-order valence-electron chi connectivity index (χ1n) is 11.1. The summed E-state index contributed by atoms with van der Waals surface area (Å²) in [5, 5.41) is 10.7. The molecule has 0 amide bonds. The molecule has 14 heteroatoms. The van der Waals surface area contributed by atoms with Crippen LogP contribution in [0.25, 0.3) is 11.5 Å². The third kappa shape index (κ3) is 7.39. The quantitative estimate of drug-likeness (QED) is 0.368. The minimum Gasteiger partial charge on any atom is -0.497 e. The highest BCUT2D eigenvalue weighted by molar-refractivity contribution is 5.69. The third-order valence-corrected chi connectivity index (χ3v) is 5.02. The molecule has 3 rings (SSSR count). The molecular formula is C23H27N3O11. The second-order valence-electron chi connectivity index (χ2n) is 7.91. The highest BCUT2D eigenvalue weighted by atomic mass is 16.7. The predicted molar refractivity (Wildman–Crippen MR) is 122 cm³/mol. The van der Waals surface area contributed by atoms with E-state index in [0.717, 1.165) is 20.8 Å². The zero-order valence-electron chi connectivity index (χ0n) is 20.8. The Labute approximate surface area is 211 Å². The molecule has 1 aromatic heterocycles. The number of nitrogens with zero attached hydrogens (tertiary/aromatic N) is 2. The molecule has 14 nitrogen and oxygen atoms in total. The Bertz CT molecular complexity index is 1120. The molecule has 0 bridgehead atoms. The molecule has 2 aromatic rings. The molecule has 1 N–H and O–H groups in total. The van der Waals surface area contributed by atoms with Crippen molar-refractivity contribution in [3.63, 3.8) is 0 Å². The van der Waals surface area contributed by atoms with Gasteiger partial charge in [0.25, 0.3) is 0 Å². The molecule has 0 spiro atoms. The molecule has 0 unspecified atom stereocenters. The first-order chi connectivity index (χ1) is 17.6. The number of esters is 4. The van der Waals surface area contributed by atoms with Gasteiger partial charge in [-0.05, 0) is 24.3 Å². The summed E-state index contributed by atoms with van der Waals surface area (Å²) < 4.78 is 37.9. The highest BCUT2D eigenvalue weighted by Gasteiger charge is 2.52. The third-order valence-electron chi connectivity index (χ3n) is 5.02. The topological polar surface area (TPSA) is 175 Å². The lowest BCUT2D eigenvalue weighted by Crippen LogP contribution is -2.64. The Morgan fingerprint density at radius 1 is 0.838 bits per heavy atom. The number of hydrogen-bond acceptors (Lipinski definition) is 14. The molecule has 5 atom stereocenters. The van der Waals surface area contributed by atoms with Crippen molar-refractivity contribution in [3.05, 3.63) is 24.3 Å². The summed E-state index contributed by atoms with van der Waals surface area (Å²) in [5.41, 5.74) is 0.600. The number of carbonyl (C=O) groups excluding carboxylic acids is 4. The Morgan fingerprint density at radius 3 is 2.00 bits per heavy atom. The molecule has 1 aromatic carbocycles. The van der Waals surface area contributed by atoms with Crippen LogP contribution in [0.15, 0.2) is 28.7 Å². The van der Waals surface area contributed by atoms with Crippen molar-refractivity contribution in [3.8, 4) is 17.2 Å². The maximum atomic E-state index is 11.9. The summed E-state index contributed by atoms with van der Waals surface area (Å²) in [6.07, 6.45) is -6.30. The maximum absolute atomic E-state index is 11.9. The van der Waals surface area contributed by atoms with Crippen molar-refractivity contribution in [2.24, 2.45) is 0 Å². The van der Waals surface area contributed by atoms with Gasteiger partial charge in [-0.25, -0.2) is 0 Å². The average Bonchev–Trinajstić information content (AvgIpc) is 3.29. The molecule has 0 saturated carbocycles. The molecule has 1 fully saturated rings. The summed E-state index contributed by atoms with van der Waals surface area (Å²) in [6, 6.07) is 6.74. The fourth-order valence-corrected chi connectivity index (χ4v) is 3.60. The molecule has 0 radical (unpaired) electrons. The van der Waals surface area contributed by atoms with Crippen LogP contribution in [-0.2, 0) is 42.9 Å². The van der Waals surface area contributed by atoms with E-state index in [-0.39, 0.29) is 18.5 Å². The van der Waals surface area contributed by atoms with Crippen LogP contribution in [0, 0.1) is 0 Å². The van der Waals surface area contributed by atoms with Crippen molar-refractivity contribution in [2.45, 2.75) is 58.3 Å². The summed E-state index contributed by atoms with van der Waals surface area (Å²) in [5.74, 6) is -2.03. The smallest absolute Gasteiger partial charge is 0.317 e. The molecule has 1 aliphatic heterocycles. The monoisotopic (exact) mass is 521 g/mol. The van der Waals surface area contributed by atoms with Crippen LogP contribution in [0.2, 0.25) is 0 Å². The lowest BCUT2D eigenvalue weighted by molar-refractivity contribution is -0.247. The number of carbonyl (C=O) groups is 4. The minimum absolute atomic E-state index is 0.119. The van der Waals surface area contributed by atoms with Crippen molar-refractivity contribution in [1.29, 1.82) is 0 Å². The van der Waals surface area contributed by atoms with E-state index in [0.29, 0.717) is 11.3 Å². The number of benzene rings is 1. The van der Waals surface area contributed by atoms with Gasteiger partial charge in [-0.1, -0.05) is 5.10 Å². The summed E-state index contributed by atoms with van der Waals surface area (Å²) in [7, 11) is 1.54. The Morgan fingerprint density at radius 2 is 1.43 bits per heavy atom. The van der Waals surface area contributed by atoms with Crippen molar-refractivity contribution in [2.75, 3.05) is 19.0 Å². The van der Waals surface area contributed by atoms with Crippen LogP contribution < -0.4 is 10.1 Å². The van der Waals surface area contributed by atoms with Gasteiger partial charge in [0.1, 0.15) is 18.5 Å². The Balaban J connectivity index is 1.92. The standard InChI is InChI=1S/C23H27N3O11/c1-11(27)32-10-17-18(33-12(2)28)19(34-13(3)29)20(35-14(4)30)22(36-17)24-23-26-25-21(37-23)15-6-8-16(31-5)9-7-15/h6-9,17-20,22H,10H2,1-5H3,(H,24,26)/t17-,18-,19+,20-,22-/m1/s1. The fraction of sp³-hybridized carbons (Fsp3) is 0.478. The van der Waals surface area contributed by atoms with Gasteiger partial charge in [0.05, 0.1) is 7.11 Å². The number of rotatable bonds is 9. The number of nitrogens with one attached hydrogen (secondary N) is 1. The van der Waals surface area contributed by atoms with E-state index in [1.165, 1.54) is 14.0 Å². The van der Waals surface area contributed by atoms with Gasteiger partial charge >= 0.3 is 29.9 Å². The zero-order valence-corrected chi connectivity index (χ0v) is 20.8. The summed E-state index contributed by atoms with van der Waals surface area (Å²) in [4.78, 5) is 47.1. The molecule has 1 aliphatic rings. The van der Waals surface area contributed by atoms with E-state index >= 15 is 0 Å². The molecule has 0 aliphatic carbocycles. The lowest BCUT2D eigenvalue weighted by Gasteiger charge is -2.44. The van der Waals surface area contributed by atoms with Gasteiger partial charge in [-0.15, -0.1) is 5.10 Å². The van der Waals surface area contributed by atoms with E-state index in [1.807, 2.05) is 0 Å². The maximum Gasteiger partial charge on any atom is 0.317 e. The van der Waals surface area contributed by atoms with Crippen molar-refractivity contribution < 1.29 is 52.0 Å². The second kappa shape index (κ2) is 12.2. The van der Waals surface area contributed by atoms with E-state index in [9.17, 15) is 19.2 Å². The normalized spacial score (nSPS) is 22.9. The van der Waals surface area contributed by atoms with Gasteiger partial charge < -0.3 is 38.2 Å². The van der Waals surface area contributed by atoms with Gasteiger partial charge in [0, 0.05) is 33.3 Å². The largest absolute Gasteiger partial charge is 0.497 e. The number of hydrogen-bond donors (Lipinski definition) is 1.